The lowest BCUT2D eigenvalue weighted by atomic mass is 10.2. The highest BCUT2D eigenvalue weighted by atomic mass is 32.2. The maximum atomic E-state index is 12.7. The summed E-state index contributed by atoms with van der Waals surface area (Å²) in [5.41, 5.74) is 0.776. The number of aromatic nitrogens is 1. The molecule has 0 bridgehead atoms. The minimum atomic E-state index is -3.69. The van der Waals surface area contributed by atoms with Crippen LogP contribution in [0.1, 0.15) is 25.3 Å². The largest absolute Gasteiger partial charge is 0.355 e. The molecule has 1 saturated heterocycles. The van der Waals surface area contributed by atoms with Gasteiger partial charge in [0.15, 0.2) is 0 Å². The summed E-state index contributed by atoms with van der Waals surface area (Å²) < 4.78 is 26.7. The molecule has 0 aliphatic carbocycles. The molecule has 2 rings (SSSR count). The fraction of sp³-hybridized carbons (Fsp3) is 0.538. The van der Waals surface area contributed by atoms with Crippen molar-refractivity contribution in [2.24, 2.45) is 0 Å². The van der Waals surface area contributed by atoms with E-state index in [-0.39, 0.29) is 10.8 Å². The molecule has 0 aromatic carbocycles. The average molecular weight is 297 g/mol. The number of nitrogens with one attached hydrogen (secondary N) is 1. The van der Waals surface area contributed by atoms with E-state index in [0.29, 0.717) is 25.9 Å². The van der Waals surface area contributed by atoms with Gasteiger partial charge in [-0.25, -0.2) is 8.42 Å². The van der Waals surface area contributed by atoms with Crippen molar-refractivity contribution in [2.45, 2.75) is 37.6 Å². The van der Waals surface area contributed by atoms with E-state index in [1.807, 2.05) is 6.92 Å². The van der Waals surface area contributed by atoms with Crippen LogP contribution in [0.3, 0.4) is 0 Å². The summed E-state index contributed by atoms with van der Waals surface area (Å²) in [6.07, 6.45) is 3.99. The number of amides is 1. The van der Waals surface area contributed by atoms with Crippen molar-refractivity contribution in [2.75, 3.05) is 13.1 Å². The Morgan fingerprint density at radius 1 is 1.45 bits per heavy atom. The lowest BCUT2D eigenvalue weighted by Crippen LogP contribution is -2.46. The number of carbonyl (C=O) groups excluding carboxylic acids is 1. The molecule has 1 aliphatic heterocycles. The Balaban J connectivity index is 2.43. The summed E-state index contributed by atoms with van der Waals surface area (Å²) in [6.45, 7) is 4.45. The molecular formula is C13H19N3O3S. The Morgan fingerprint density at radius 2 is 2.20 bits per heavy atom. The zero-order valence-corrected chi connectivity index (χ0v) is 12.5. The van der Waals surface area contributed by atoms with Gasteiger partial charge in [0, 0.05) is 25.5 Å². The Labute approximate surface area is 119 Å². The van der Waals surface area contributed by atoms with Crippen LogP contribution >= 0.6 is 0 Å². The Bertz CT molecular complexity index is 601. The molecule has 1 N–H and O–H groups in total. The second kappa shape index (κ2) is 5.88. The van der Waals surface area contributed by atoms with Crippen LogP contribution in [0.5, 0.6) is 0 Å². The van der Waals surface area contributed by atoms with Gasteiger partial charge in [-0.15, -0.1) is 0 Å². The molecule has 2 heterocycles. The first-order valence-electron chi connectivity index (χ1n) is 6.68. The fourth-order valence-electron chi connectivity index (χ4n) is 2.33. The van der Waals surface area contributed by atoms with Gasteiger partial charge in [-0.3, -0.25) is 9.78 Å². The van der Waals surface area contributed by atoms with E-state index in [0.717, 1.165) is 5.56 Å². The molecule has 110 valence electrons. The Kier molecular flexibility index (Phi) is 4.39. The van der Waals surface area contributed by atoms with Crippen molar-refractivity contribution in [3.63, 3.8) is 0 Å². The summed E-state index contributed by atoms with van der Waals surface area (Å²) in [7, 11) is -3.69. The molecule has 1 amide bonds. The first kappa shape index (κ1) is 14.9. The molecular weight excluding hydrogens is 278 g/mol. The number of carbonyl (C=O) groups is 1. The maximum absolute atomic E-state index is 12.7. The number of nitrogens with zero attached hydrogens (tertiary/aromatic N) is 2. The first-order valence-corrected chi connectivity index (χ1v) is 8.12. The number of hydrogen-bond acceptors (Lipinski definition) is 4. The van der Waals surface area contributed by atoms with Crippen LogP contribution in [0.4, 0.5) is 0 Å². The highest BCUT2D eigenvalue weighted by Crippen LogP contribution is 2.21. The van der Waals surface area contributed by atoms with Crippen LogP contribution in [-0.2, 0) is 14.8 Å². The third kappa shape index (κ3) is 2.83. The molecule has 6 nitrogen and oxygen atoms in total. The monoisotopic (exact) mass is 297 g/mol. The molecule has 0 saturated carbocycles. The topological polar surface area (TPSA) is 79.4 Å². The molecule has 1 aliphatic rings. The zero-order valence-electron chi connectivity index (χ0n) is 11.7. The van der Waals surface area contributed by atoms with Crippen LogP contribution in [0.25, 0.3) is 0 Å². The molecule has 0 unspecified atom stereocenters. The van der Waals surface area contributed by atoms with Gasteiger partial charge in [-0.1, -0.05) is 6.92 Å². The molecule has 0 radical (unpaired) electrons. The Hall–Kier alpha value is -1.47. The van der Waals surface area contributed by atoms with Crippen LogP contribution in [0.2, 0.25) is 0 Å². The van der Waals surface area contributed by atoms with Gasteiger partial charge in [0.05, 0.1) is 0 Å². The lowest BCUT2D eigenvalue weighted by molar-refractivity contribution is -0.124. The molecule has 20 heavy (non-hydrogen) atoms. The maximum Gasteiger partial charge on any atom is 0.245 e. The predicted octanol–water partition coefficient (Wildman–Crippen LogP) is 0.679. The van der Waals surface area contributed by atoms with Crippen LogP contribution in [0.15, 0.2) is 23.4 Å². The van der Waals surface area contributed by atoms with E-state index >= 15 is 0 Å². The number of sulfonamides is 1. The molecule has 1 aromatic rings. The van der Waals surface area contributed by atoms with Crippen molar-refractivity contribution in [3.05, 3.63) is 24.0 Å². The minimum absolute atomic E-state index is 0.144. The summed E-state index contributed by atoms with van der Waals surface area (Å²) in [6, 6.07) is 0.931. The second-order valence-corrected chi connectivity index (χ2v) is 6.77. The fourth-order valence-corrected chi connectivity index (χ4v) is 4.08. The van der Waals surface area contributed by atoms with E-state index in [4.69, 9.17) is 0 Å². The SMILES string of the molecule is CC[C@@H]1C(=O)NCCCN1S(=O)(=O)c1cncc(C)c1. The van der Waals surface area contributed by atoms with Crippen molar-refractivity contribution in [1.29, 1.82) is 0 Å². The van der Waals surface area contributed by atoms with Gasteiger partial charge in [0.1, 0.15) is 10.9 Å². The molecule has 1 fully saturated rings. The van der Waals surface area contributed by atoms with E-state index in [2.05, 4.69) is 10.3 Å². The zero-order chi connectivity index (χ0) is 14.8. The van der Waals surface area contributed by atoms with Gasteiger partial charge in [-0.05, 0) is 31.4 Å². The lowest BCUT2D eigenvalue weighted by Gasteiger charge is -2.26. The summed E-state index contributed by atoms with van der Waals surface area (Å²) >= 11 is 0. The van der Waals surface area contributed by atoms with E-state index in [1.165, 1.54) is 10.5 Å². The standard InChI is InChI=1S/C13H19N3O3S/c1-3-12-13(17)15-5-4-6-16(12)20(18,19)11-7-10(2)8-14-9-11/h7-9,12H,3-6H2,1-2H3,(H,15,17)/t12-/m1/s1. The van der Waals surface area contributed by atoms with Gasteiger partial charge in [0.25, 0.3) is 0 Å². The smallest absolute Gasteiger partial charge is 0.245 e. The molecule has 1 atom stereocenters. The quantitative estimate of drug-likeness (QED) is 0.890. The second-order valence-electron chi connectivity index (χ2n) is 4.88. The third-order valence-corrected chi connectivity index (χ3v) is 5.22. The van der Waals surface area contributed by atoms with Crippen LogP contribution in [0, 0.1) is 6.92 Å². The highest BCUT2D eigenvalue weighted by molar-refractivity contribution is 7.89. The van der Waals surface area contributed by atoms with Gasteiger partial charge in [0.2, 0.25) is 15.9 Å². The number of rotatable bonds is 3. The number of hydrogen-bond donors (Lipinski definition) is 1. The molecule has 1 aromatic heterocycles. The summed E-state index contributed by atoms with van der Waals surface area (Å²) in [5.74, 6) is -0.228. The molecule has 0 spiro atoms. The van der Waals surface area contributed by atoms with Crippen LogP contribution in [-0.4, -0.2) is 42.7 Å². The normalized spacial score (nSPS) is 21.3. The van der Waals surface area contributed by atoms with Gasteiger partial charge >= 0.3 is 0 Å². The van der Waals surface area contributed by atoms with Gasteiger partial charge in [-0.2, -0.15) is 4.31 Å². The summed E-state index contributed by atoms with van der Waals surface area (Å²) in [4.78, 5) is 16.0. The molecule has 7 heteroatoms. The Morgan fingerprint density at radius 3 is 2.85 bits per heavy atom. The number of pyridine rings is 1. The average Bonchev–Trinajstić information content (AvgIpc) is 2.60. The van der Waals surface area contributed by atoms with Crippen molar-refractivity contribution >= 4 is 15.9 Å². The van der Waals surface area contributed by atoms with Crippen LogP contribution < -0.4 is 5.32 Å². The first-order chi connectivity index (χ1) is 9.46. The minimum Gasteiger partial charge on any atom is -0.355 e. The number of aryl methyl sites for hydroxylation is 1. The van der Waals surface area contributed by atoms with Crippen molar-refractivity contribution in [1.82, 2.24) is 14.6 Å². The van der Waals surface area contributed by atoms with Crippen molar-refractivity contribution in [3.8, 4) is 0 Å². The van der Waals surface area contributed by atoms with E-state index in [1.54, 1.807) is 19.2 Å². The van der Waals surface area contributed by atoms with Crippen molar-refractivity contribution < 1.29 is 13.2 Å². The highest BCUT2D eigenvalue weighted by Gasteiger charge is 2.36. The van der Waals surface area contributed by atoms with E-state index in [9.17, 15) is 13.2 Å². The summed E-state index contributed by atoms with van der Waals surface area (Å²) in [5, 5.41) is 2.75. The van der Waals surface area contributed by atoms with E-state index < -0.39 is 16.1 Å². The third-order valence-electron chi connectivity index (χ3n) is 3.35. The van der Waals surface area contributed by atoms with Gasteiger partial charge < -0.3 is 5.32 Å². The predicted molar refractivity (Wildman–Crippen MR) is 74.6 cm³/mol.